The number of rotatable bonds is 1. The summed E-state index contributed by atoms with van der Waals surface area (Å²) in [6.45, 7) is 4.15. The number of hydrogen-bond donors (Lipinski definition) is 1. The number of hydrogen-bond acceptors (Lipinski definition) is 3. The molecule has 2 N–H and O–H groups in total. The van der Waals surface area contributed by atoms with Crippen molar-refractivity contribution in [2.75, 3.05) is 13.1 Å². The van der Waals surface area contributed by atoms with E-state index in [2.05, 4.69) is 30.0 Å². The first kappa shape index (κ1) is 11.2. The summed E-state index contributed by atoms with van der Waals surface area (Å²) in [6, 6.07) is 2.65. The Labute approximate surface area is 97.2 Å². The average Bonchev–Trinajstić information content (AvgIpc) is 2.32. The maximum absolute atomic E-state index is 9.12. The highest BCUT2D eigenvalue weighted by Crippen LogP contribution is 2.26. The molecule has 2 atom stereocenters. The summed E-state index contributed by atoms with van der Waals surface area (Å²) in [4.78, 5) is 2.32. The van der Waals surface area contributed by atoms with E-state index in [1.165, 1.54) is 0 Å². The molecule has 1 aliphatic carbocycles. The van der Waals surface area contributed by atoms with Crippen molar-refractivity contribution in [2.24, 2.45) is 11.7 Å². The van der Waals surface area contributed by atoms with Gasteiger partial charge in [-0.25, -0.2) is 0 Å². The van der Waals surface area contributed by atoms with Crippen LogP contribution in [0.15, 0.2) is 23.4 Å². The van der Waals surface area contributed by atoms with Crippen LogP contribution in [0.5, 0.6) is 0 Å². The zero-order valence-electron chi connectivity index (χ0n) is 9.82. The van der Waals surface area contributed by atoms with Crippen LogP contribution in [0.2, 0.25) is 0 Å². The molecule has 86 valence electrons. The first-order chi connectivity index (χ1) is 7.72. The normalized spacial score (nSPS) is 30.4. The van der Waals surface area contributed by atoms with Crippen LogP contribution in [0.4, 0.5) is 0 Å². The van der Waals surface area contributed by atoms with E-state index < -0.39 is 0 Å². The Morgan fingerprint density at radius 1 is 1.56 bits per heavy atom. The number of nitriles is 1. The fourth-order valence-electron chi connectivity index (χ4n) is 2.44. The molecule has 0 spiro atoms. The molecule has 0 aromatic rings. The number of allylic oxidation sites excluding steroid dienone is 3. The molecule has 1 aliphatic heterocycles. The Morgan fingerprint density at radius 2 is 2.38 bits per heavy atom. The summed E-state index contributed by atoms with van der Waals surface area (Å²) >= 11 is 0. The zero-order chi connectivity index (χ0) is 11.5. The van der Waals surface area contributed by atoms with Crippen LogP contribution in [0, 0.1) is 17.2 Å². The van der Waals surface area contributed by atoms with Crippen molar-refractivity contribution in [2.45, 2.75) is 32.2 Å². The van der Waals surface area contributed by atoms with Gasteiger partial charge in [-0.05, 0) is 31.3 Å². The lowest BCUT2D eigenvalue weighted by Gasteiger charge is -2.38. The van der Waals surface area contributed by atoms with Gasteiger partial charge < -0.3 is 10.6 Å². The molecule has 2 rings (SSSR count). The molecule has 2 aliphatic rings. The maximum Gasteiger partial charge on any atom is 0.0968 e. The van der Waals surface area contributed by atoms with E-state index in [1.807, 2.05) is 0 Å². The van der Waals surface area contributed by atoms with E-state index in [0.29, 0.717) is 12.0 Å². The van der Waals surface area contributed by atoms with Gasteiger partial charge in [-0.15, -0.1) is 0 Å². The molecule has 1 heterocycles. The highest BCUT2D eigenvalue weighted by molar-refractivity contribution is 5.37. The molecule has 0 bridgehead atoms. The van der Waals surface area contributed by atoms with Gasteiger partial charge in [0, 0.05) is 19.1 Å². The smallest absolute Gasteiger partial charge is 0.0968 e. The van der Waals surface area contributed by atoms with Crippen molar-refractivity contribution in [1.29, 1.82) is 5.26 Å². The largest absolute Gasteiger partial charge is 0.370 e. The number of likely N-dealkylation sites (tertiary alicyclic amines) is 1. The highest BCUT2D eigenvalue weighted by atomic mass is 15.2. The van der Waals surface area contributed by atoms with Crippen molar-refractivity contribution >= 4 is 0 Å². The summed E-state index contributed by atoms with van der Waals surface area (Å²) in [5, 5.41) is 9.12. The van der Waals surface area contributed by atoms with Crippen LogP contribution < -0.4 is 5.73 Å². The molecule has 2 unspecified atom stereocenters. The van der Waals surface area contributed by atoms with Gasteiger partial charge in [0.15, 0.2) is 0 Å². The number of nitrogens with zero attached hydrogens (tertiary/aromatic N) is 2. The van der Waals surface area contributed by atoms with Crippen LogP contribution in [-0.4, -0.2) is 24.0 Å². The molecule has 0 amide bonds. The van der Waals surface area contributed by atoms with Crippen LogP contribution in [0.3, 0.4) is 0 Å². The van der Waals surface area contributed by atoms with E-state index in [1.54, 1.807) is 0 Å². The van der Waals surface area contributed by atoms with Crippen LogP contribution >= 0.6 is 0 Å². The Kier molecular flexibility index (Phi) is 3.31. The molecule has 0 radical (unpaired) electrons. The Morgan fingerprint density at radius 3 is 3.06 bits per heavy atom. The minimum atomic E-state index is 0.315. The fourth-order valence-corrected chi connectivity index (χ4v) is 2.44. The molecule has 0 aromatic heterocycles. The Bertz CT molecular complexity index is 362. The zero-order valence-corrected chi connectivity index (χ0v) is 9.82. The van der Waals surface area contributed by atoms with Crippen molar-refractivity contribution in [3.05, 3.63) is 23.4 Å². The van der Waals surface area contributed by atoms with Gasteiger partial charge in [0.05, 0.1) is 17.3 Å². The molecule has 1 fully saturated rings. The third kappa shape index (κ3) is 2.12. The first-order valence-electron chi connectivity index (χ1n) is 6.02. The summed E-state index contributed by atoms with van der Waals surface area (Å²) in [5.74, 6) is 0.511. The third-order valence-corrected chi connectivity index (χ3v) is 3.59. The Hall–Kier alpha value is -1.27. The van der Waals surface area contributed by atoms with Crippen molar-refractivity contribution in [3.8, 4) is 6.07 Å². The summed E-state index contributed by atoms with van der Waals surface area (Å²) in [5.41, 5.74) is 8.08. The lowest BCUT2D eigenvalue weighted by Crippen LogP contribution is -2.45. The van der Waals surface area contributed by atoms with E-state index >= 15 is 0 Å². The van der Waals surface area contributed by atoms with Gasteiger partial charge in [0.2, 0.25) is 0 Å². The predicted molar refractivity (Wildman–Crippen MR) is 64.3 cm³/mol. The minimum absolute atomic E-state index is 0.315. The second-order valence-corrected chi connectivity index (χ2v) is 4.79. The minimum Gasteiger partial charge on any atom is -0.370 e. The van der Waals surface area contributed by atoms with E-state index in [0.717, 1.165) is 43.6 Å². The molecule has 0 saturated carbocycles. The van der Waals surface area contributed by atoms with Gasteiger partial charge in [0.1, 0.15) is 0 Å². The van der Waals surface area contributed by atoms with Crippen molar-refractivity contribution < 1.29 is 0 Å². The highest BCUT2D eigenvalue weighted by Gasteiger charge is 2.25. The van der Waals surface area contributed by atoms with E-state index in [9.17, 15) is 0 Å². The first-order valence-corrected chi connectivity index (χ1v) is 6.02. The van der Waals surface area contributed by atoms with Gasteiger partial charge in [0.25, 0.3) is 0 Å². The molecule has 3 heteroatoms. The van der Waals surface area contributed by atoms with Gasteiger partial charge in [-0.1, -0.05) is 13.0 Å². The van der Waals surface area contributed by atoms with E-state index in [4.69, 9.17) is 11.0 Å². The van der Waals surface area contributed by atoms with Crippen LogP contribution in [0.1, 0.15) is 26.2 Å². The Balaban J connectivity index is 2.16. The van der Waals surface area contributed by atoms with Gasteiger partial charge >= 0.3 is 0 Å². The molecular formula is C13H19N3. The molecule has 3 nitrogen and oxygen atoms in total. The molecule has 0 aromatic carbocycles. The van der Waals surface area contributed by atoms with Gasteiger partial charge in [-0.3, -0.25) is 0 Å². The summed E-state index contributed by atoms with van der Waals surface area (Å²) < 4.78 is 0. The van der Waals surface area contributed by atoms with Crippen molar-refractivity contribution in [3.63, 3.8) is 0 Å². The van der Waals surface area contributed by atoms with Crippen molar-refractivity contribution in [1.82, 2.24) is 4.90 Å². The molecule has 16 heavy (non-hydrogen) atoms. The average molecular weight is 217 g/mol. The monoisotopic (exact) mass is 217 g/mol. The molecular weight excluding hydrogens is 198 g/mol. The maximum atomic E-state index is 9.12. The van der Waals surface area contributed by atoms with Gasteiger partial charge in [-0.2, -0.15) is 5.26 Å². The lowest BCUT2D eigenvalue weighted by atomic mass is 9.92. The number of nitrogens with two attached hydrogens (primary N) is 1. The topological polar surface area (TPSA) is 53.0 Å². The second kappa shape index (κ2) is 4.71. The fraction of sp³-hybridized carbons (Fsp3) is 0.615. The predicted octanol–water partition coefficient (Wildman–Crippen LogP) is 1.78. The summed E-state index contributed by atoms with van der Waals surface area (Å²) in [6.07, 6.45) is 7.17. The molecule has 1 saturated heterocycles. The van der Waals surface area contributed by atoms with E-state index in [-0.39, 0.29) is 0 Å². The third-order valence-electron chi connectivity index (χ3n) is 3.59. The quantitative estimate of drug-likeness (QED) is 0.728. The lowest BCUT2D eigenvalue weighted by molar-refractivity contribution is 0.207. The number of piperidine rings is 1. The summed E-state index contributed by atoms with van der Waals surface area (Å²) in [7, 11) is 0. The standard InChI is InChI=1S/C13H19N3/c1-10-9-16(7-6-12(10)15)13-5-3-2-4-11(13)8-14/h3,5,10,12H,2,4,6-7,9,15H2,1H3. The van der Waals surface area contributed by atoms with Crippen LogP contribution in [0.25, 0.3) is 0 Å². The second-order valence-electron chi connectivity index (χ2n) is 4.79. The SMILES string of the molecule is CC1CN(C2=C(C#N)CCC=C2)CCC1N. The van der Waals surface area contributed by atoms with Crippen LogP contribution in [-0.2, 0) is 0 Å².